The number of pyridine rings is 1. The number of carbonyl (C=O) groups excluding carboxylic acids is 2. The van der Waals surface area contributed by atoms with E-state index in [9.17, 15) is 14.7 Å². The van der Waals surface area contributed by atoms with Crippen molar-refractivity contribution in [3.8, 4) is 17.0 Å². The summed E-state index contributed by atoms with van der Waals surface area (Å²) in [6.07, 6.45) is 1.50. The van der Waals surface area contributed by atoms with Crippen LogP contribution in [-0.4, -0.2) is 96.6 Å². The Hall–Kier alpha value is -2.97. The van der Waals surface area contributed by atoms with Gasteiger partial charge in [-0.05, 0) is 44.8 Å². The van der Waals surface area contributed by atoms with Gasteiger partial charge in [0.2, 0.25) is 5.88 Å². The maximum absolute atomic E-state index is 13.5. The summed E-state index contributed by atoms with van der Waals surface area (Å²) in [6, 6.07) is 8.69. The molecule has 33 heavy (non-hydrogen) atoms. The summed E-state index contributed by atoms with van der Waals surface area (Å²) in [7, 11) is 7.38. The first-order valence-electron chi connectivity index (χ1n) is 11.2. The molecule has 0 aliphatic carbocycles. The van der Waals surface area contributed by atoms with Crippen molar-refractivity contribution in [2.75, 3.05) is 47.9 Å². The highest BCUT2D eigenvalue weighted by atomic mass is 16.5. The van der Waals surface area contributed by atoms with Crippen LogP contribution in [0.25, 0.3) is 11.1 Å². The second-order valence-corrected chi connectivity index (χ2v) is 9.24. The van der Waals surface area contributed by atoms with Gasteiger partial charge in [0.05, 0.1) is 12.6 Å². The average Bonchev–Trinajstić information content (AvgIpc) is 2.79. The zero-order valence-electron chi connectivity index (χ0n) is 20.3. The summed E-state index contributed by atoms with van der Waals surface area (Å²) in [5.74, 6) is 0.0158. The molecule has 1 aliphatic rings. The van der Waals surface area contributed by atoms with Gasteiger partial charge < -0.3 is 24.5 Å². The van der Waals surface area contributed by atoms with Gasteiger partial charge in [0.25, 0.3) is 11.8 Å². The SMILES string of the molecule is C[C@@H]1CN([C@@H](C)CO)C(=O)c2cc(-c3cccc(C(=O)N(C)C)c3)cnc2O[C@H]1CN(C)C. The van der Waals surface area contributed by atoms with Crippen LogP contribution >= 0.6 is 0 Å². The molecule has 8 nitrogen and oxygen atoms in total. The molecule has 0 radical (unpaired) electrons. The molecule has 0 bridgehead atoms. The first-order chi connectivity index (χ1) is 15.6. The number of rotatable bonds is 6. The van der Waals surface area contributed by atoms with Gasteiger partial charge in [-0.25, -0.2) is 4.98 Å². The normalized spacial score (nSPS) is 19.4. The Labute approximate surface area is 195 Å². The average molecular weight is 455 g/mol. The first kappa shape index (κ1) is 24.7. The number of hydrogen-bond donors (Lipinski definition) is 1. The molecule has 1 aromatic carbocycles. The Balaban J connectivity index is 2.07. The Bertz CT molecular complexity index is 1010. The fourth-order valence-corrected chi connectivity index (χ4v) is 3.93. The molecule has 178 valence electrons. The van der Waals surface area contributed by atoms with Crippen LogP contribution in [0.2, 0.25) is 0 Å². The van der Waals surface area contributed by atoms with Crippen LogP contribution in [-0.2, 0) is 0 Å². The fourth-order valence-electron chi connectivity index (χ4n) is 3.93. The first-order valence-corrected chi connectivity index (χ1v) is 11.2. The van der Waals surface area contributed by atoms with E-state index in [1.165, 1.54) is 4.90 Å². The summed E-state index contributed by atoms with van der Waals surface area (Å²) < 4.78 is 6.25. The summed E-state index contributed by atoms with van der Waals surface area (Å²) in [5, 5.41) is 9.79. The number of nitrogens with zero attached hydrogens (tertiary/aromatic N) is 4. The standard InChI is InChI=1S/C25H34N4O4/c1-16-13-29(17(2)15-30)25(32)21-11-20(12-26-23(21)33-22(16)14-27(3)4)18-8-7-9-19(10-18)24(31)28(5)6/h7-12,16-17,22,30H,13-15H2,1-6H3/t16-,17+,22+/m1/s1. The van der Waals surface area contributed by atoms with Crippen molar-refractivity contribution in [1.82, 2.24) is 19.7 Å². The lowest BCUT2D eigenvalue weighted by molar-refractivity contribution is 0.0348. The lowest BCUT2D eigenvalue weighted by atomic mass is 9.98. The van der Waals surface area contributed by atoms with E-state index in [0.717, 1.165) is 5.56 Å². The maximum Gasteiger partial charge on any atom is 0.259 e. The Morgan fingerprint density at radius 3 is 2.61 bits per heavy atom. The van der Waals surface area contributed by atoms with Crippen LogP contribution in [0.5, 0.6) is 5.88 Å². The van der Waals surface area contributed by atoms with Gasteiger partial charge in [-0.1, -0.05) is 19.1 Å². The van der Waals surface area contributed by atoms with E-state index in [1.807, 2.05) is 45.0 Å². The molecule has 0 unspecified atom stereocenters. The van der Waals surface area contributed by atoms with Crippen LogP contribution in [0.15, 0.2) is 36.5 Å². The van der Waals surface area contributed by atoms with Gasteiger partial charge in [0.1, 0.15) is 11.7 Å². The van der Waals surface area contributed by atoms with Gasteiger partial charge in [-0.15, -0.1) is 0 Å². The Morgan fingerprint density at radius 1 is 1.24 bits per heavy atom. The molecule has 2 heterocycles. The third-order valence-electron chi connectivity index (χ3n) is 5.92. The largest absolute Gasteiger partial charge is 0.472 e. The third kappa shape index (κ3) is 5.51. The molecule has 1 aromatic heterocycles. The molecule has 2 aromatic rings. The van der Waals surface area contributed by atoms with Crippen LogP contribution in [0.3, 0.4) is 0 Å². The second kappa shape index (κ2) is 10.3. The van der Waals surface area contributed by atoms with Gasteiger partial charge >= 0.3 is 0 Å². The summed E-state index contributed by atoms with van der Waals surface area (Å²) >= 11 is 0. The van der Waals surface area contributed by atoms with E-state index in [4.69, 9.17) is 4.74 Å². The van der Waals surface area contributed by atoms with E-state index in [-0.39, 0.29) is 42.4 Å². The number of amides is 2. The van der Waals surface area contributed by atoms with Crippen molar-refractivity contribution in [2.45, 2.75) is 26.0 Å². The topological polar surface area (TPSA) is 86.2 Å². The molecule has 1 N–H and O–H groups in total. The fraction of sp³-hybridized carbons (Fsp3) is 0.480. The number of carbonyl (C=O) groups is 2. The predicted molar refractivity (Wildman–Crippen MR) is 127 cm³/mol. The minimum absolute atomic E-state index is 0.0497. The van der Waals surface area contributed by atoms with Crippen LogP contribution in [0.4, 0.5) is 0 Å². The molecule has 3 rings (SSSR count). The lowest BCUT2D eigenvalue weighted by Gasteiger charge is -2.37. The van der Waals surface area contributed by atoms with Gasteiger partial charge in [-0.3, -0.25) is 9.59 Å². The molecule has 0 fully saturated rings. The van der Waals surface area contributed by atoms with E-state index < -0.39 is 0 Å². The third-order valence-corrected chi connectivity index (χ3v) is 5.92. The second-order valence-electron chi connectivity index (χ2n) is 9.24. The smallest absolute Gasteiger partial charge is 0.259 e. The van der Waals surface area contributed by atoms with E-state index in [0.29, 0.717) is 29.8 Å². The van der Waals surface area contributed by atoms with Crippen molar-refractivity contribution >= 4 is 11.8 Å². The molecule has 2 amide bonds. The van der Waals surface area contributed by atoms with Crippen molar-refractivity contribution < 1.29 is 19.4 Å². The van der Waals surface area contributed by atoms with Crippen LogP contribution in [0, 0.1) is 5.92 Å². The van der Waals surface area contributed by atoms with E-state index in [1.54, 1.807) is 43.4 Å². The zero-order valence-corrected chi connectivity index (χ0v) is 20.3. The van der Waals surface area contributed by atoms with Crippen molar-refractivity contribution in [2.24, 2.45) is 5.92 Å². The monoisotopic (exact) mass is 454 g/mol. The molecule has 0 spiro atoms. The van der Waals surface area contributed by atoms with E-state index in [2.05, 4.69) is 4.98 Å². The van der Waals surface area contributed by atoms with Gasteiger partial charge in [0, 0.05) is 50.4 Å². The molecule has 8 heteroatoms. The minimum atomic E-state index is -0.337. The predicted octanol–water partition coefficient (Wildman–Crippen LogP) is 2.23. The number of aliphatic hydroxyl groups excluding tert-OH is 1. The molecular weight excluding hydrogens is 420 g/mol. The van der Waals surface area contributed by atoms with E-state index >= 15 is 0 Å². The quantitative estimate of drug-likeness (QED) is 0.721. The molecule has 3 atom stereocenters. The van der Waals surface area contributed by atoms with Crippen LogP contribution in [0.1, 0.15) is 34.6 Å². The summed E-state index contributed by atoms with van der Waals surface area (Å²) in [6.45, 7) is 4.89. The zero-order chi connectivity index (χ0) is 24.3. The van der Waals surface area contributed by atoms with Crippen molar-refractivity contribution in [3.05, 3.63) is 47.7 Å². The molecule has 0 saturated heterocycles. The Morgan fingerprint density at radius 2 is 1.97 bits per heavy atom. The van der Waals surface area contributed by atoms with Crippen molar-refractivity contribution in [3.63, 3.8) is 0 Å². The number of aromatic nitrogens is 1. The van der Waals surface area contributed by atoms with Gasteiger partial charge in [-0.2, -0.15) is 0 Å². The number of aliphatic hydroxyl groups is 1. The number of likely N-dealkylation sites (N-methyl/N-ethyl adjacent to an activating group) is 1. The minimum Gasteiger partial charge on any atom is -0.472 e. The Kier molecular flexibility index (Phi) is 7.71. The molecular formula is C25H34N4O4. The highest BCUT2D eigenvalue weighted by Crippen LogP contribution is 2.30. The molecule has 1 aliphatic heterocycles. The highest BCUT2D eigenvalue weighted by molar-refractivity contribution is 5.98. The summed E-state index contributed by atoms with van der Waals surface area (Å²) in [5.41, 5.74) is 2.41. The molecule has 0 saturated carbocycles. The van der Waals surface area contributed by atoms with Gasteiger partial charge in [0.15, 0.2) is 0 Å². The highest BCUT2D eigenvalue weighted by Gasteiger charge is 2.34. The number of fused-ring (bicyclic) bond motifs is 1. The number of hydrogen-bond acceptors (Lipinski definition) is 6. The number of benzene rings is 1. The number of ether oxygens (including phenoxy) is 1. The van der Waals surface area contributed by atoms with Crippen molar-refractivity contribution in [1.29, 1.82) is 0 Å². The summed E-state index contributed by atoms with van der Waals surface area (Å²) in [4.78, 5) is 35.7. The van der Waals surface area contributed by atoms with Crippen LogP contribution < -0.4 is 4.74 Å². The maximum atomic E-state index is 13.5. The lowest BCUT2D eigenvalue weighted by Crippen LogP contribution is -2.49.